The molecular weight excluding hydrogens is 506 g/mol. The molecular formula is C25H29F4N7O2. The molecule has 5 rings (SSSR count). The lowest BCUT2D eigenvalue weighted by Gasteiger charge is -2.31. The zero-order valence-electron chi connectivity index (χ0n) is 20.9. The number of nitrogens with zero attached hydrogens (tertiary/aromatic N) is 4. The van der Waals surface area contributed by atoms with Crippen LogP contribution in [0.2, 0.25) is 0 Å². The Bertz CT molecular complexity index is 1230. The number of carbonyl (C=O) groups excluding carboxylic acids is 2. The van der Waals surface area contributed by atoms with Gasteiger partial charge in [-0.2, -0.15) is 13.8 Å². The van der Waals surface area contributed by atoms with E-state index in [-0.39, 0.29) is 35.2 Å². The Morgan fingerprint density at radius 3 is 2.53 bits per heavy atom. The first-order chi connectivity index (χ1) is 18.1. The van der Waals surface area contributed by atoms with Crippen molar-refractivity contribution in [3.63, 3.8) is 0 Å². The molecule has 38 heavy (non-hydrogen) atoms. The van der Waals surface area contributed by atoms with Crippen molar-refractivity contribution >= 4 is 35.0 Å². The summed E-state index contributed by atoms with van der Waals surface area (Å²) in [5, 5.41) is 8.49. The molecule has 0 bridgehead atoms. The molecule has 3 aliphatic rings. The molecule has 2 fully saturated rings. The lowest BCUT2D eigenvalue weighted by atomic mass is 10.1. The van der Waals surface area contributed by atoms with Gasteiger partial charge >= 0.3 is 5.92 Å². The van der Waals surface area contributed by atoms with E-state index in [1.165, 1.54) is 18.1 Å². The fraction of sp³-hybridized carbons (Fsp3) is 0.520. The number of anilines is 4. The zero-order valence-corrected chi connectivity index (χ0v) is 20.9. The van der Waals surface area contributed by atoms with E-state index in [0.717, 1.165) is 43.0 Å². The summed E-state index contributed by atoms with van der Waals surface area (Å²) in [7, 11) is 1.23. The van der Waals surface area contributed by atoms with Gasteiger partial charge < -0.3 is 25.8 Å². The van der Waals surface area contributed by atoms with E-state index >= 15 is 0 Å². The van der Waals surface area contributed by atoms with E-state index in [2.05, 4.69) is 25.9 Å². The molecule has 0 atom stereocenters. The molecule has 2 aliphatic heterocycles. The average Bonchev–Trinajstić information content (AvgIpc) is 3.41. The van der Waals surface area contributed by atoms with Crippen molar-refractivity contribution in [2.75, 3.05) is 41.8 Å². The summed E-state index contributed by atoms with van der Waals surface area (Å²) in [5.74, 6) is -7.60. The Hall–Kier alpha value is -3.48. The van der Waals surface area contributed by atoms with Crippen LogP contribution in [0.3, 0.4) is 0 Å². The van der Waals surface area contributed by atoms with Crippen molar-refractivity contribution in [1.82, 2.24) is 20.6 Å². The molecule has 0 radical (unpaired) electrons. The maximum atomic E-state index is 15.0. The van der Waals surface area contributed by atoms with Crippen LogP contribution in [0.25, 0.3) is 0 Å². The molecule has 0 spiro atoms. The van der Waals surface area contributed by atoms with Gasteiger partial charge in [-0.25, -0.2) is 13.8 Å². The lowest BCUT2D eigenvalue weighted by molar-refractivity contribution is -0.140. The number of nitrogens with one attached hydrogen (secondary N) is 3. The van der Waals surface area contributed by atoms with Crippen molar-refractivity contribution in [3.05, 3.63) is 35.5 Å². The Balaban J connectivity index is 1.42. The Morgan fingerprint density at radius 1 is 1.11 bits per heavy atom. The number of hydrogen-bond acceptors (Lipinski definition) is 7. The van der Waals surface area contributed by atoms with E-state index in [9.17, 15) is 27.2 Å². The van der Waals surface area contributed by atoms with Gasteiger partial charge in [-0.3, -0.25) is 9.59 Å². The minimum absolute atomic E-state index is 0.0983. The predicted molar refractivity (Wildman–Crippen MR) is 133 cm³/mol. The number of carbonyl (C=O) groups is 2. The van der Waals surface area contributed by atoms with Crippen molar-refractivity contribution in [2.45, 2.75) is 56.5 Å². The van der Waals surface area contributed by atoms with E-state index in [4.69, 9.17) is 0 Å². The molecule has 3 heterocycles. The number of benzene rings is 1. The van der Waals surface area contributed by atoms with Gasteiger partial charge in [-0.05, 0) is 44.8 Å². The van der Waals surface area contributed by atoms with Crippen molar-refractivity contribution in [2.24, 2.45) is 0 Å². The summed E-state index contributed by atoms with van der Waals surface area (Å²) in [5.41, 5.74) is -0.651. The first-order valence-corrected chi connectivity index (χ1v) is 12.7. The summed E-state index contributed by atoms with van der Waals surface area (Å²) in [6, 6.07) is 1.26. The molecule has 1 aliphatic carbocycles. The molecule has 1 aromatic carbocycles. The van der Waals surface area contributed by atoms with E-state index in [1.54, 1.807) is 0 Å². The van der Waals surface area contributed by atoms with Crippen LogP contribution in [0.4, 0.5) is 40.7 Å². The van der Waals surface area contributed by atoms with Crippen LogP contribution in [-0.4, -0.2) is 66.5 Å². The second-order valence-electron chi connectivity index (χ2n) is 9.97. The first kappa shape index (κ1) is 26.1. The lowest BCUT2D eigenvalue weighted by Crippen LogP contribution is -2.48. The van der Waals surface area contributed by atoms with Crippen LogP contribution in [0, 0.1) is 11.6 Å². The van der Waals surface area contributed by atoms with E-state index in [1.807, 2.05) is 0 Å². The highest BCUT2D eigenvalue weighted by atomic mass is 19.3. The third-order valence-corrected chi connectivity index (χ3v) is 7.36. The van der Waals surface area contributed by atoms with Gasteiger partial charge in [0.1, 0.15) is 17.3 Å². The number of fused-ring (bicyclic) bond motifs is 1. The normalized spacial score (nSPS) is 20.3. The van der Waals surface area contributed by atoms with Crippen molar-refractivity contribution < 1.29 is 27.2 Å². The van der Waals surface area contributed by atoms with Gasteiger partial charge in [-0.1, -0.05) is 12.8 Å². The van der Waals surface area contributed by atoms with Crippen molar-refractivity contribution in [3.8, 4) is 0 Å². The standard InChI is InChI=1S/C25H29F4N7O2/c1-35-20-12-31-24(34-21(20)36(15-4-2-3-5-15)13-25(28,29)23(35)38)33-19-11-17(26)16(10-18(19)27)22(37)32-14-6-8-30-9-7-14/h10-12,14-15,30H,2-9,13H2,1H3,(H,32,37)(H,31,33,34). The zero-order chi connectivity index (χ0) is 27.0. The van der Waals surface area contributed by atoms with Crippen LogP contribution in [-0.2, 0) is 4.79 Å². The third kappa shape index (κ3) is 5.11. The molecule has 0 unspecified atom stereocenters. The number of aromatic nitrogens is 2. The van der Waals surface area contributed by atoms with Gasteiger partial charge in [0.25, 0.3) is 11.8 Å². The largest absolute Gasteiger partial charge is 0.349 e. The summed E-state index contributed by atoms with van der Waals surface area (Å²) < 4.78 is 59.3. The highest BCUT2D eigenvalue weighted by Crippen LogP contribution is 2.39. The van der Waals surface area contributed by atoms with Gasteiger partial charge in [-0.15, -0.1) is 0 Å². The molecule has 204 valence electrons. The fourth-order valence-corrected chi connectivity index (χ4v) is 5.27. The van der Waals surface area contributed by atoms with E-state index < -0.39 is 41.5 Å². The van der Waals surface area contributed by atoms with Gasteiger partial charge in [0.2, 0.25) is 5.95 Å². The van der Waals surface area contributed by atoms with Crippen LogP contribution >= 0.6 is 0 Å². The third-order valence-electron chi connectivity index (χ3n) is 7.36. The first-order valence-electron chi connectivity index (χ1n) is 12.7. The number of piperidine rings is 1. The SMILES string of the molecule is CN1C(=O)C(F)(F)CN(C2CCCC2)c2nc(Nc3cc(F)c(C(=O)NC4CCNCC4)cc3F)ncc21. The number of hydrogen-bond donors (Lipinski definition) is 3. The topological polar surface area (TPSA) is 102 Å². The molecule has 9 nitrogen and oxygen atoms in total. The van der Waals surface area contributed by atoms with Crippen LogP contribution < -0.4 is 25.8 Å². The molecule has 1 saturated heterocycles. The quantitative estimate of drug-likeness (QED) is 0.505. The Morgan fingerprint density at radius 2 is 1.82 bits per heavy atom. The summed E-state index contributed by atoms with van der Waals surface area (Å²) in [6.07, 6.45) is 5.66. The summed E-state index contributed by atoms with van der Waals surface area (Å²) in [6.45, 7) is 0.616. The predicted octanol–water partition coefficient (Wildman–Crippen LogP) is 3.34. The number of alkyl halides is 2. The molecule has 2 amide bonds. The molecule has 1 saturated carbocycles. The second kappa shape index (κ2) is 10.4. The molecule has 3 N–H and O–H groups in total. The minimum atomic E-state index is -3.63. The maximum absolute atomic E-state index is 15.0. The summed E-state index contributed by atoms with van der Waals surface area (Å²) in [4.78, 5) is 35.6. The molecule has 13 heteroatoms. The van der Waals surface area contributed by atoms with Crippen LogP contribution in [0.15, 0.2) is 18.3 Å². The van der Waals surface area contributed by atoms with Crippen molar-refractivity contribution in [1.29, 1.82) is 0 Å². The highest BCUT2D eigenvalue weighted by molar-refractivity contribution is 6.02. The van der Waals surface area contributed by atoms with Gasteiger partial charge in [0.15, 0.2) is 5.82 Å². The Kier molecular flexibility index (Phi) is 7.12. The average molecular weight is 536 g/mol. The number of amides is 2. The van der Waals surface area contributed by atoms with Crippen LogP contribution in [0.5, 0.6) is 0 Å². The molecule has 2 aromatic rings. The monoisotopic (exact) mass is 535 g/mol. The number of halogens is 4. The smallest absolute Gasteiger partial charge is 0.342 e. The molecule has 1 aromatic heterocycles. The van der Waals surface area contributed by atoms with Crippen LogP contribution in [0.1, 0.15) is 48.9 Å². The highest BCUT2D eigenvalue weighted by Gasteiger charge is 2.48. The fourth-order valence-electron chi connectivity index (χ4n) is 5.27. The second-order valence-corrected chi connectivity index (χ2v) is 9.97. The van der Waals surface area contributed by atoms with Gasteiger partial charge in [0, 0.05) is 25.2 Å². The van der Waals surface area contributed by atoms with E-state index in [0.29, 0.717) is 25.7 Å². The van der Waals surface area contributed by atoms with Gasteiger partial charge in [0.05, 0.1) is 24.0 Å². The number of rotatable bonds is 5. The minimum Gasteiger partial charge on any atom is -0.349 e. The summed E-state index contributed by atoms with van der Waals surface area (Å²) >= 11 is 0. The Labute approximate surface area is 217 Å². The maximum Gasteiger partial charge on any atom is 0.342 e.